The zero-order chi connectivity index (χ0) is 7.98. The third-order valence-corrected chi connectivity index (χ3v) is 1.36. The van der Waals surface area contributed by atoms with Gasteiger partial charge in [-0.05, 0) is 18.6 Å². The molecule has 0 heterocycles. The highest BCUT2D eigenvalue weighted by Gasteiger charge is 1.86. The Kier molecular flexibility index (Phi) is 5.26. The summed E-state index contributed by atoms with van der Waals surface area (Å²) >= 11 is 3.28. The lowest BCUT2D eigenvalue weighted by molar-refractivity contribution is 0.335. The molecule has 0 saturated carbocycles. The lowest BCUT2D eigenvalue weighted by Gasteiger charge is -1.91. The van der Waals surface area contributed by atoms with Crippen molar-refractivity contribution in [2.24, 2.45) is 0 Å². The number of rotatable bonds is 3. The minimum atomic E-state index is 0.00660. The normalized spacial score (nSPS) is 12.5. The van der Waals surface area contributed by atoms with Crippen molar-refractivity contribution in [2.45, 2.75) is 6.92 Å². The second kappa shape index (κ2) is 5.45. The van der Waals surface area contributed by atoms with E-state index in [9.17, 15) is 0 Å². The first-order chi connectivity index (χ1) is 4.70. The summed E-state index contributed by atoms with van der Waals surface area (Å²) in [5.41, 5.74) is 0.699. The van der Waals surface area contributed by atoms with Gasteiger partial charge in [0, 0.05) is 4.48 Å². The maximum absolute atomic E-state index is 8.56. The summed E-state index contributed by atoms with van der Waals surface area (Å²) in [4.78, 5) is 0. The molecule has 0 atom stereocenters. The fourth-order valence-electron chi connectivity index (χ4n) is 0.448. The summed E-state index contributed by atoms with van der Waals surface area (Å²) in [6, 6.07) is 0. The van der Waals surface area contributed by atoms with Crippen LogP contribution in [0.15, 0.2) is 34.9 Å². The van der Waals surface area contributed by atoms with E-state index in [1.54, 1.807) is 6.08 Å². The van der Waals surface area contributed by atoms with Gasteiger partial charge in [-0.1, -0.05) is 34.7 Å². The van der Waals surface area contributed by atoms with E-state index in [1.165, 1.54) is 0 Å². The first-order valence-electron chi connectivity index (χ1n) is 2.99. The number of hydrogen-bond acceptors (Lipinski definition) is 1. The molecule has 2 heteroatoms. The second-order valence-electron chi connectivity index (χ2n) is 1.85. The largest absolute Gasteiger partial charge is 0.392 e. The molecule has 0 aliphatic heterocycles. The van der Waals surface area contributed by atoms with Crippen LogP contribution in [0.1, 0.15) is 6.92 Å². The summed E-state index contributed by atoms with van der Waals surface area (Å²) < 4.78 is 0.925. The third-order valence-electron chi connectivity index (χ3n) is 0.871. The zero-order valence-electron chi connectivity index (χ0n) is 5.97. The van der Waals surface area contributed by atoms with E-state index >= 15 is 0 Å². The quantitative estimate of drug-likeness (QED) is 0.698. The van der Waals surface area contributed by atoms with Crippen molar-refractivity contribution in [3.05, 3.63) is 34.9 Å². The smallest absolute Gasteiger partial charge is 0.0676 e. The lowest BCUT2D eigenvalue weighted by atomic mass is 10.3. The molecule has 0 aliphatic rings. The standard InChI is InChI=1S/C8H11BrO/c1-3-4-8(9)5-7(2)6-10/h3-5,10H,2,6H2,1H3/b4-3-,8-5+. The van der Waals surface area contributed by atoms with Crippen molar-refractivity contribution < 1.29 is 5.11 Å². The third kappa shape index (κ3) is 4.53. The molecule has 0 unspecified atom stereocenters. The SMILES string of the molecule is C=C(/C=C(Br)\C=C/C)CO. The van der Waals surface area contributed by atoms with Crippen molar-refractivity contribution in [3.63, 3.8) is 0 Å². The number of aliphatic hydroxyl groups excluding tert-OH is 1. The number of allylic oxidation sites excluding steroid dienone is 3. The van der Waals surface area contributed by atoms with Crippen LogP contribution in [0.2, 0.25) is 0 Å². The van der Waals surface area contributed by atoms with Gasteiger partial charge in [0.1, 0.15) is 0 Å². The van der Waals surface area contributed by atoms with E-state index in [-0.39, 0.29) is 6.61 Å². The van der Waals surface area contributed by atoms with Crippen LogP contribution in [0.3, 0.4) is 0 Å². The van der Waals surface area contributed by atoms with Gasteiger partial charge in [0.05, 0.1) is 6.61 Å². The van der Waals surface area contributed by atoms with Gasteiger partial charge in [-0.3, -0.25) is 0 Å². The van der Waals surface area contributed by atoms with Gasteiger partial charge < -0.3 is 5.11 Å². The predicted molar refractivity (Wildman–Crippen MR) is 48.0 cm³/mol. The Hall–Kier alpha value is -0.340. The fraction of sp³-hybridized carbons (Fsp3) is 0.250. The molecule has 0 aromatic rings. The summed E-state index contributed by atoms with van der Waals surface area (Å²) in [5.74, 6) is 0. The molecule has 1 N–H and O–H groups in total. The fourth-order valence-corrected chi connectivity index (χ4v) is 1.04. The molecule has 1 nitrogen and oxygen atoms in total. The number of hydrogen-bond donors (Lipinski definition) is 1. The minimum Gasteiger partial charge on any atom is -0.392 e. The van der Waals surface area contributed by atoms with Gasteiger partial charge in [0.15, 0.2) is 0 Å². The molecule has 0 fully saturated rings. The second-order valence-corrected chi connectivity index (χ2v) is 2.76. The molecule has 0 rings (SSSR count). The summed E-state index contributed by atoms with van der Waals surface area (Å²) in [5, 5.41) is 8.56. The highest BCUT2D eigenvalue weighted by molar-refractivity contribution is 9.11. The Morgan fingerprint density at radius 2 is 2.30 bits per heavy atom. The highest BCUT2D eigenvalue weighted by Crippen LogP contribution is 2.09. The maximum atomic E-state index is 8.56. The molecule has 0 aromatic heterocycles. The van der Waals surface area contributed by atoms with Crippen LogP contribution in [0.5, 0.6) is 0 Å². The van der Waals surface area contributed by atoms with Crippen LogP contribution in [0.4, 0.5) is 0 Å². The number of aliphatic hydroxyl groups is 1. The molecule has 0 amide bonds. The molecule has 10 heavy (non-hydrogen) atoms. The Balaban J connectivity index is 4.02. The van der Waals surface area contributed by atoms with Crippen molar-refractivity contribution in [2.75, 3.05) is 6.61 Å². The van der Waals surface area contributed by atoms with Crippen LogP contribution in [-0.2, 0) is 0 Å². The average Bonchev–Trinajstić information content (AvgIpc) is 1.88. The molecule has 0 saturated heterocycles. The monoisotopic (exact) mass is 202 g/mol. The molecule has 0 spiro atoms. The molecule has 0 aliphatic carbocycles. The van der Waals surface area contributed by atoms with Crippen molar-refractivity contribution >= 4 is 15.9 Å². The van der Waals surface area contributed by atoms with Crippen molar-refractivity contribution in [1.82, 2.24) is 0 Å². The molecule has 0 aromatic carbocycles. The first-order valence-corrected chi connectivity index (χ1v) is 3.78. The van der Waals surface area contributed by atoms with E-state index in [0.29, 0.717) is 5.57 Å². The zero-order valence-corrected chi connectivity index (χ0v) is 7.56. The van der Waals surface area contributed by atoms with Crippen molar-refractivity contribution in [1.29, 1.82) is 0 Å². The maximum Gasteiger partial charge on any atom is 0.0676 e. The molecule has 0 bridgehead atoms. The highest BCUT2D eigenvalue weighted by atomic mass is 79.9. The van der Waals surface area contributed by atoms with Crippen molar-refractivity contribution in [3.8, 4) is 0 Å². The Morgan fingerprint density at radius 3 is 2.70 bits per heavy atom. The van der Waals surface area contributed by atoms with Gasteiger partial charge in [-0.2, -0.15) is 0 Å². The Labute approximate surface area is 69.9 Å². The predicted octanol–water partition coefficient (Wildman–Crippen LogP) is 2.39. The van der Waals surface area contributed by atoms with Crippen LogP contribution in [0.25, 0.3) is 0 Å². The van der Waals surface area contributed by atoms with E-state index in [0.717, 1.165) is 4.48 Å². The topological polar surface area (TPSA) is 20.2 Å². The Morgan fingerprint density at radius 1 is 1.70 bits per heavy atom. The lowest BCUT2D eigenvalue weighted by Crippen LogP contribution is -1.82. The van der Waals surface area contributed by atoms with Crippen LogP contribution >= 0.6 is 15.9 Å². The van der Waals surface area contributed by atoms with Gasteiger partial charge >= 0.3 is 0 Å². The van der Waals surface area contributed by atoms with Gasteiger partial charge in [0.2, 0.25) is 0 Å². The molecule has 56 valence electrons. The summed E-state index contributed by atoms with van der Waals surface area (Å²) in [6.07, 6.45) is 5.58. The van der Waals surface area contributed by atoms with E-state index < -0.39 is 0 Å². The molecular formula is C8H11BrO. The van der Waals surface area contributed by atoms with Crippen LogP contribution in [-0.4, -0.2) is 11.7 Å². The van der Waals surface area contributed by atoms with E-state index in [1.807, 2.05) is 19.1 Å². The summed E-state index contributed by atoms with van der Waals surface area (Å²) in [6.45, 7) is 5.54. The minimum absolute atomic E-state index is 0.00660. The molecular weight excluding hydrogens is 192 g/mol. The summed E-state index contributed by atoms with van der Waals surface area (Å²) in [7, 11) is 0. The first kappa shape index (κ1) is 9.66. The van der Waals surface area contributed by atoms with Crippen LogP contribution in [0, 0.1) is 0 Å². The van der Waals surface area contributed by atoms with Gasteiger partial charge in [-0.15, -0.1) is 0 Å². The van der Waals surface area contributed by atoms with Gasteiger partial charge in [0.25, 0.3) is 0 Å². The molecule has 0 radical (unpaired) electrons. The van der Waals surface area contributed by atoms with E-state index in [4.69, 9.17) is 5.11 Å². The average molecular weight is 203 g/mol. The number of halogens is 1. The van der Waals surface area contributed by atoms with E-state index in [2.05, 4.69) is 22.5 Å². The van der Waals surface area contributed by atoms with Crippen LogP contribution < -0.4 is 0 Å². The van der Waals surface area contributed by atoms with Gasteiger partial charge in [-0.25, -0.2) is 0 Å². The Bertz CT molecular complexity index is 168.